The summed E-state index contributed by atoms with van der Waals surface area (Å²) in [6.07, 6.45) is 0. The summed E-state index contributed by atoms with van der Waals surface area (Å²) in [6.45, 7) is 7.67. The van der Waals surface area contributed by atoms with Crippen LogP contribution in [0.2, 0.25) is 10.0 Å². The number of carbonyl (C=O) groups is 1. The van der Waals surface area contributed by atoms with Gasteiger partial charge in [0.05, 0.1) is 50.0 Å². The van der Waals surface area contributed by atoms with Crippen LogP contribution in [0.5, 0.6) is 23.0 Å². The first-order valence-electron chi connectivity index (χ1n) is 22.1. The fraction of sp³-hybridized carbons (Fsp3) is 0.115. The number of hydrogen-bond donors (Lipinski definition) is 4. The van der Waals surface area contributed by atoms with Crippen molar-refractivity contribution >= 4 is 160 Å². The maximum atomic E-state index is 13.4. The molecule has 380 valence electrons. The van der Waals surface area contributed by atoms with E-state index in [1.54, 1.807) is 104 Å². The number of benzene rings is 8. The van der Waals surface area contributed by atoms with Gasteiger partial charge in [0.1, 0.15) is 28.6 Å². The molecule has 0 saturated carbocycles. The van der Waals surface area contributed by atoms with Gasteiger partial charge in [-0.2, -0.15) is 21.9 Å². The van der Waals surface area contributed by atoms with E-state index in [-0.39, 0.29) is 92.8 Å². The molecule has 0 bridgehead atoms. The van der Waals surface area contributed by atoms with Crippen LogP contribution in [0.15, 0.2) is 169 Å². The van der Waals surface area contributed by atoms with Crippen molar-refractivity contribution in [3.63, 3.8) is 0 Å². The third-order valence-electron chi connectivity index (χ3n) is 10.7. The van der Waals surface area contributed by atoms with E-state index in [9.17, 15) is 46.1 Å². The smallest absolute Gasteiger partial charge is 0.871 e. The molecule has 8 rings (SSSR count). The largest absolute Gasteiger partial charge is 2.00 e. The van der Waals surface area contributed by atoms with Gasteiger partial charge in [0.2, 0.25) is 0 Å². The quantitative estimate of drug-likeness (QED) is 0.0260. The maximum absolute atomic E-state index is 13.4. The maximum Gasteiger partial charge on any atom is 2.00 e. The fourth-order valence-corrected chi connectivity index (χ4v) is 8.73. The summed E-state index contributed by atoms with van der Waals surface area (Å²) < 4.78 is 76.2. The molecule has 0 heterocycles. The van der Waals surface area contributed by atoms with Gasteiger partial charge in [0, 0.05) is 28.6 Å². The number of azo groups is 2. The summed E-state index contributed by atoms with van der Waals surface area (Å²) in [5.41, 5.74) is 0.909. The summed E-state index contributed by atoms with van der Waals surface area (Å²) in [7, 11) is -9.05. The van der Waals surface area contributed by atoms with Crippen LogP contribution in [0.3, 0.4) is 0 Å². The van der Waals surface area contributed by atoms with Crippen LogP contribution in [0, 0.1) is 13.8 Å². The molecule has 0 aromatic heterocycles. The van der Waals surface area contributed by atoms with Crippen LogP contribution in [0.25, 0.3) is 21.5 Å². The summed E-state index contributed by atoms with van der Waals surface area (Å²) in [6, 6.07) is 34.6. The molecule has 0 atom stereocenters. The number of nitrogens with one attached hydrogen (secondary N) is 1. The SMILES string of the molecule is CCOc1cccc(N=C([O-])c2cc3ccccc3c(N=Nc3cc(S(=O)(=O)O)cc(C)c3Cl)c2[O-])c1.CCOc1cccc(NC(=O)c2cc3ccccc3c(N=Nc3cc(S(=O)(=O)O)cc(C)c3Cl)c2O)c1.[Ba+2]. The number of hydrogen-bond acceptors (Lipinski definition) is 15. The molecule has 0 unspecified atom stereocenters. The van der Waals surface area contributed by atoms with E-state index in [0.717, 1.165) is 12.1 Å². The summed E-state index contributed by atoms with van der Waals surface area (Å²) >= 11 is 12.5. The zero-order valence-corrected chi connectivity index (χ0v) is 47.7. The van der Waals surface area contributed by atoms with E-state index in [1.807, 2.05) is 13.8 Å². The molecule has 75 heavy (non-hydrogen) atoms. The molecule has 23 heteroatoms. The normalized spacial score (nSPS) is 11.9. The zero-order chi connectivity index (χ0) is 53.5. The first kappa shape index (κ1) is 57.9. The minimum Gasteiger partial charge on any atom is -0.871 e. The Morgan fingerprint density at radius 1 is 0.627 bits per heavy atom. The standard InChI is InChI=1S/2C26H22ClN3O6S.Ba/c2*1-3-36-18-9-6-8-17(13-18)28-26(32)21-12-16-7-4-5-10-20(16)24(25(21)31)30-29-22-14-19(37(33,34)35)11-15(2)23(22)27;/h2*4-14,31H,3H2,1-2H3,(H,28,32)(H,33,34,35);/q;;+2/p-2. The van der Waals surface area contributed by atoms with E-state index in [2.05, 4.69) is 30.8 Å². The monoisotopic (exact) mass is 1210 g/mol. The first-order valence-corrected chi connectivity index (χ1v) is 25.7. The van der Waals surface area contributed by atoms with Crippen molar-refractivity contribution in [3.8, 4) is 23.0 Å². The number of aryl methyl sites for hydroxylation is 2. The molecule has 8 aromatic rings. The van der Waals surface area contributed by atoms with Crippen LogP contribution in [0.4, 0.5) is 34.1 Å². The number of phenolic OH excluding ortho intramolecular Hbond substituents is 1. The van der Waals surface area contributed by atoms with Gasteiger partial charge in [-0.1, -0.05) is 89.6 Å². The second-order valence-corrected chi connectivity index (χ2v) is 19.5. The second-order valence-electron chi connectivity index (χ2n) is 15.9. The predicted molar refractivity (Wildman–Crippen MR) is 284 cm³/mol. The number of rotatable bonds is 14. The molecule has 8 aromatic carbocycles. The van der Waals surface area contributed by atoms with Gasteiger partial charge >= 0.3 is 48.9 Å². The Balaban J connectivity index is 0.000000241. The van der Waals surface area contributed by atoms with E-state index in [1.165, 1.54) is 31.2 Å². The van der Waals surface area contributed by atoms with Crippen LogP contribution in [-0.4, -0.2) is 105 Å². The number of carbonyl (C=O) groups excluding carboxylic acids is 1. The van der Waals surface area contributed by atoms with Crippen LogP contribution in [-0.2, 0) is 20.2 Å². The predicted octanol–water partition coefficient (Wildman–Crippen LogP) is 11.8. The minimum atomic E-state index is -4.53. The van der Waals surface area contributed by atoms with E-state index in [0.29, 0.717) is 68.8 Å². The number of nitrogens with zero attached hydrogens (tertiary/aromatic N) is 5. The number of halogens is 2. The summed E-state index contributed by atoms with van der Waals surface area (Å²) in [5.74, 6) is -1.39. The number of aromatic hydroxyl groups is 1. The zero-order valence-electron chi connectivity index (χ0n) is 40.1. The van der Waals surface area contributed by atoms with Crippen LogP contribution in [0.1, 0.15) is 40.9 Å². The third-order valence-corrected chi connectivity index (χ3v) is 13.4. The van der Waals surface area contributed by atoms with Crippen molar-refractivity contribution in [1.82, 2.24) is 0 Å². The molecule has 4 N–H and O–H groups in total. The average Bonchev–Trinajstić information content (AvgIpc) is 3.35. The van der Waals surface area contributed by atoms with E-state index < -0.39 is 53.3 Å². The van der Waals surface area contributed by atoms with Gasteiger partial charge in [-0.15, -0.1) is 15.3 Å². The van der Waals surface area contributed by atoms with Crippen LogP contribution >= 0.6 is 23.2 Å². The van der Waals surface area contributed by atoms with Gasteiger partial charge in [-0.25, -0.2) is 0 Å². The number of anilines is 1. The first-order chi connectivity index (χ1) is 35.2. The number of amides is 1. The molecule has 0 radical (unpaired) electrons. The molecule has 18 nitrogen and oxygen atoms in total. The Hall–Kier alpha value is -6.41. The topological polar surface area (TPSA) is 284 Å². The third kappa shape index (κ3) is 14.1. The molecule has 0 aliphatic heterocycles. The Kier molecular flexibility index (Phi) is 19.3. The fourth-order valence-electron chi connectivity index (χ4n) is 7.26. The Labute approximate surface area is 481 Å². The summed E-state index contributed by atoms with van der Waals surface area (Å²) in [5, 5.41) is 58.7. The molecule has 0 saturated heterocycles. The molecule has 0 aliphatic rings. The van der Waals surface area contributed by atoms with Crippen molar-refractivity contribution in [3.05, 3.63) is 166 Å². The minimum absolute atomic E-state index is 0. The number of fused-ring (bicyclic) bond motifs is 2. The van der Waals surface area contributed by atoms with Crippen molar-refractivity contribution in [2.75, 3.05) is 18.5 Å². The average molecular weight is 1220 g/mol. The number of aliphatic imine (C=N–C) groups is 1. The van der Waals surface area contributed by atoms with Crippen LogP contribution < -0.4 is 25.0 Å². The molecular weight excluding hydrogens is 1170 g/mol. The van der Waals surface area contributed by atoms with E-state index >= 15 is 0 Å². The van der Waals surface area contributed by atoms with Crippen molar-refractivity contribution in [2.45, 2.75) is 37.5 Å². The van der Waals surface area contributed by atoms with Crippen molar-refractivity contribution < 1.29 is 55.5 Å². The molecule has 0 aliphatic carbocycles. The Bertz CT molecular complexity index is 3830. The van der Waals surface area contributed by atoms with Gasteiger partial charge in [0.15, 0.2) is 5.75 Å². The van der Waals surface area contributed by atoms with Crippen molar-refractivity contribution in [2.24, 2.45) is 25.4 Å². The molecule has 0 spiro atoms. The molecule has 1 amide bonds. The van der Waals surface area contributed by atoms with Crippen molar-refractivity contribution in [1.29, 1.82) is 0 Å². The molecule has 0 fully saturated rings. The van der Waals surface area contributed by atoms with Gasteiger partial charge in [-0.3, -0.25) is 18.9 Å². The number of phenols is 1. The van der Waals surface area contributed by atoms with Gasteiger partial charge < -0.3 is 30.1 Å². The second kappa shape index (κ2) is 25.0. The molecular formula is C52H42BaCl2N6O12S2. The van der Waals surface area contributed by atoms with Gasteiger partial charge in [-0.05, 0) is 122 Å². The Morgan fingerprint density at radius 3 is 1.64 bits per heavy atom. The summed E-state index contributed by atoms with van der Waals surface area (Å²) in [4.78, 5) is 16.4. The van der Waals surface area contributed by atoms with E-state index in [4.69, 9.17) is 32.7 Å². The number of ether oxygens (including phenoxy) is 2. The van der Waals surface area contributed by atoms with Gasteiger partial charge in [0.25, 0.3) is 26.1 Å². The Morgan fingerprint density at radius 2 is 1.11 bits per heavy atom.